The van der Waals surface area contributed by atoms with Crippen molar-refractivity contribution < 1.29 is 23.1 Å². The number of carbonyl (C=O) groups is 1. The predicted octanol–water partition coefficient (Wildman–Crippen LogP) is 0.0458. The third-order valence-corrected chi connectivity index (χ3v) is 6.22. The monoisotopic (exact) mass is 263 g/mol. The SMILES string of the molecule is O=C(O)C1(S(=O)(=O)N2CCOCC2)CCCC1. The van der Waals surface area contributed by atoms with Gasteiger partial charge in [-0.3, -0.25) is 4.79 Å². The predicted molar refractivity (Wildman–Crippen MR) is 60.1 cm³/mol. The van der Waals surface area contributed by atoms with Crippen molar-refractivity contribution in [1.82, 2.24) is 4.31 Å². The molecule has 1 aliphatic heterocycles. The van der Waals surface area contributed by atoms with Crippen LogP contribution in [0.4, 0.5) is 0 Å². The van der Waals surface area contributed by atoms with Crippen molar-refractivity contribution >= 4 is 16.0 Å². The summed E-state index contributed by atoms with van der Waals surface area (Å²) in [7, 11) is -3.77. The molecular formula is C10H17NO5S. The van der Waals surface area contributed by atoms with Gasteiger partial charge in [0.1, 0.15) is 0 Å². The average molecular weight is 263 g/mol. The fourth-order valence-electron chi connectivity index (χ4n) is 2.56. The molecule has 0 bridgehead atoms. The third kappa shape index (κ3) is 1.96. The molecule has 0 amide bonds. The fraction of sp³-hybridized carbons (Fsp3) is 0.900. The van der Waals surface area contributed by atoms with Crippen LogP contribution in [0.5, 0.6) is 0 Å². The molecule has 17 heavy (non-hydrogen) atoms. The molecule has 98 valence electrons. The van der Waals surface area contributed by atoms with Gasteiger partial charge in [-0.05, 0) is 12.8 Å². The summed E-state index contributed by atoms with van der Waals surface area (Å²) >= 11 is 0. The van der Waals surface area contributed by atoms with E-state index in [2.05, 4.69) is 0 Å². The first-order chi connectivity index (χ1) is 8.01. The van der Waals surface area contributed by atoms with Crippen molar-refractivity contribution in [2.24, 2.45) is 0 Å². The zero-order chi connectivity index (χ0) is 12.5. The van der Waals surface area contributed by atoms with Crippen molar-refractivity contribution in [2.45, 2.75) is 30.4 Å². The Labute approximate surface area is 101 Å². The fourth-order valence-corrected chi connectivity index (χ4v) is 4.71. The first-order valence-electron chi connectivity index (χ1n) is 5.81. The second kappa shape index (κ2) is 4.55. The summed E-state index contributed by atoms with van der Waals surface area (Å²) in [5, 5.41) is 9.29. The number of sulfonamides is 1. The third-order valence-electron chi connectivity index (χ3n) is 3.60. The maximum atomic E-state index is 12.4. The molecule has 1 N–H and O–H groups in total. The Morgan fingerprint density at radius 3 is 2.18 bits per heavy atom. The van der Waals surface area contributed by atoms with Crippen LogP contribution in [-0.2, 0) is 19.6 Å². The van der Waals surface area contributed by atoms with Crippen LogP contribution in [0.1, 0.15) is 25.7 Å². The van der Waals surface area contributed by atoms with Gasteiger partial charge in [-0.25, -0.2) is 8.42 Å². The highest BCUT2D eigenvalue weighted by molar-refractivity contribution is 7.91. The highest BCUT2D eigenvalue weighted by Crippen LogP contribution is 2.39. The molecule has 1 aliphatic carbocycles. The lowest BCUT2D eigenvalue weighted by Crippen LogP contribution is -2.54. The topological polar surface area (TPSA) is 83.9 Å². The van der Waals surface area contributed by atoms with E-state index in [1.807, 2.05) is 0 Å². The Kier molecular flexibility index (Phi) is 3.42. The smallest absolute Gasteiger partial charge is 0.326 e. The van der Waals surface area contributed by atoms with Gasteiger partial charge in [-0.1, -0.05) is 12.8 Å². The van der Waals surface area contributed by atoms with Crippen LogP contribution >= 0.6 is 0 Å². The Morgan fingerprint density at radius 2 is 1.71 bits per heavy atom. The second-order valence-electron chi connectivity index (χ2n) is 4.52. The number of carboxylic acid groups (broad SMARTS) is 1. The van der Waals surface area contributed by atoms with Crippen LogP contribution in [0.25, 0.3) is 0 Å². The number of carboxylic acids is 1. The summed E-state index contributed by atoms with van der Waals surface area (Å²) in [4.78, 5) is 11.4. The van der Waals surface area contributed by atoms with Crippen molar-refractivity contribution in [1.29, 1.82) is 0 Å². The molecule has 2 aliphatic rings. The van der Waals surface area contributed by atoms with E-state index in [-0.39, 0.29) is 25.9 Å². The zero-order valence-electron chi connectivity index (χ0n) is 9.59. The van der Waals surface area contributed by atoms with E-state index in [9.17, 15) is 18.3 Å². The quantitative estimate of drug-likeness (QED) is 0.777. The van der Waals surface area contributed by atoms with Crippen molar-refractivity contribution in [3.05, 3.63) is 0 Å². The van der Waals surface area contributed by atoms with Crippen molar-refractivity contribution in [2.75, 3.05) is 26.3 Å². The van der Waals surface area contributed by atoms with Crippen LogP contribution < -0.4 is 0 Å². The molecule has 0 aromatic heterocycles. The molecule has 1 saturated carbocycles. The van der Waals surface area contributed by atoms with E-state index in [4.69, 9.17) is 4.74 Å². The lowest BCUT2D eigenvalue weighted by Gasteiger charge is -2.33. The summed E-state index contributed by atoms with van der Waals surface area (Å²) in [6.45, 7) is 1.21. The first kappa shape index (κ1) is 12.8. The molecule has 0 aromatic rings. The summed E-state index contributed by atoms with van der Waals surface area (Å²) in [6.07, 6.45) is 1.77. The molecular weight excluding hydrogens is 246 g/mol. The van der Waals surface area contributed by atoms with Gasteiger partial charge < -0.3 is 9.84 Å². The summed E-state index contributed by atoms with van der Waals surface area (Å²) in [6, 6.07) is 0. The molecule has 7 heteroatoms. The van der Waals surface area contributed by atoms with Crippen LogP contribution in [0.2, 0.25) is 0 Å². The van der Waals surface area contributed by atoms with E-state index in [0.29, 0.717) is 26.1 Å². The van der Waals surface area contributed by atoms with E-state index in [1.54, 1.807) is 0 Å². The number of aliphatic carboxylic acids is 1. The van der Waals surface area contributed by atoms with Crippen LogP contribution in [0.15, 0.2) is 0 Å². The zero-order valence-corrected chi connectivity index (χ0v) is 10.4. The Balaban J connectivity index is 2.31. The average Bonchev–Trinajstić information content (AvgIpc) is 2.81. The van der Waals surface area contributed by atoms with Crippen molar-refractivity contribution in [3.8, 4) is 0 Å². The summed E-state index contributed by atoms with van der Waals surface area (Å²) in [5.41, 5.74) is 0. The number of hydrogen-bond donors (Lipinski definition) is 1. The minimum atomic E-state index is -3.77. The minimum Gasteiger partial charge on any atom is -0.480 e. The molecule has 0 unspecified atom stereocenters. The number of hydrogen-bond acceptors (Lipinski definition) is 4. The van der Waals surface area contributed by atoms with Gasteiger partial charge in [0.25, 0.3) is 0 Å². The molecule has 2 fully saturated rings. The normalized spacial score (nSPS) is 25.9. The van der Waals surface area contributed by atoms with Gasteiger partial charge in [0.05, 0.1) is 13.2 Å². The number of morpholine rings is 1. The molecule has 6 nitrogen and oxygen atoms in total. The maximum absolute atomic E-state index is 12.4. The molecule has 0 radical (unpaired) electrons. The highest BCUT2D eigenvalue weighted by atomic mass is 32.2. The molecule has 0 atom stereocenters. The van der Waals surface area contributed by atoms with Gasteiger partial charge in [0, 0.05) is 13.1 Å². The first-order valence-corrected chi connectivity index (χ1v) is 7.25. The summed E-state index contributed by atoms with van der Waals surface area (Å²) in [5.74, 6) is -1.21. The molecule has 1 saturated heterocycles. The van der Waals surface area contributed by atoms with Gasteiger partial charge in [-0.2, -0.15) is 4.31 Å². The van der Waals surface area contributed by atoms with Crippen molar-refractivity contribution in [3.63, 3.8) is 0 Å². The Hall–Kier alpha value is -0.660. The van der Waals surface area contributed by atoms with Crippen LogP contribution in [-0.4, -0.2) is 54.8 Å². The number of nitrogens with zero attached hydrogens (tertiary/aromatic N) is 1. The molecule has 0 spiro atoms. The van der Waals surface area contributed by atoms with Crippen LogP contribution in [0.3, 0.4) is 0 Å². The molecule has 1 heterocycles. The van der Waals surface area contributed by atoms with Crippen LogP contribution in [0, 0.1) is 0 Å². The minimum absolute atomic E-state index is 0.224. The van der Waals surface area contributed by atoms with E-state index in [1.165, 1.54) is 4.31 Å². The second-order valence-corrected chi connectivity index (χ2v) is 6.77. The summed E-state index contributed by atoms with van der Waals surface area (Å²) < 4.78 is 29.7. The van der Waals surface area contributed by atoms with Gasteiger partial charge >= 0.3 is 5.97 Å². The van der Waals surface area contributed by atoms with Gasteiger partial charge in [0.15, 0.2) is 4.75 Å². The van der Waals surface area contributed by atoms with E-state index >= 15 is 0 Å². The van der Waals surface area contributed by atoms with Gasteiger partial charge in [-0.15, -0.1) is 0 Å². The van der Waals surface area contributed by atoms with E-state index in [0.717, 1.165) is 0 Å². The highest BCUT2D eigenvalue weighted by Gasteiger charge is 2.55. The van der Waals surface area contributed by atoms with Gasteiger partial charge in [0.2, 0.25) is 10.0 Å². The van der Waals surface area contributed by atoms with E-state index < -0.39 is 20.7 Å². The maximum Gasteiger partial charge on any atom is 0.326 e. The number of ether oxygens (including phenoxy) is 1. The number of rotatable bonds is 3. The largest absolute Gasteiger partial charge is 0.480 e. The Morgan fingerprint density at radius 1 is 1.18 bits per heavy atom. The Bertz CT molecular complexity index is 393. The lowest BCUT2D eigenvalue weighted by atomic mass is 10.1. The molecule has 2 rings (SSSR count). The molecule has 0 aromatic carbocycles. The lowest BCUT2D eigenvalue weighted by molar-refractivity contribution is -0.140. The standard InChI is InChI=1S/C10H17NO5S/c12-9(13)10(3-1-2-4-10)17(14,15)11-5-7-16-8-6-11/h1-8H2,(H,12,13).